The van der Waals surface area contributed by atoms with Crippen molar-refractivity contribution in [1.29, 1.82) is 0 Å². The number of amides is 1. The van der Waals surface area contributed by atoms with Crippen LogP contribution in [0.1, 0.15) is 38.2 Å². The zero-order valence-electron chi connectivity index (χ0n) is 14.8. The van der Waals surface area contributed by atoms with Crippen LogP contribution >= 0.6 is 0 Å². The highest BCUT2D eigenvalue weighted by atomic mass is 32.2. The molecule has 2 aliphatic heterocycles. The Bertz CT molecular complexity index is 781. The number of rotatable bonds is 7. The van der Waals surface area contributed by atoms with Crippen LogP contribution in [0.2, 0.25) is 0 Å². The Morgan fingerprint density at radius 3 is 3.04 bits per heavy atom. The summed E-state index contributed by atoms with van der Waals surface area (Å²) >= 11 is 0. The number of nitrogens with zero attached hydrogens (tertiary/aromatic N) is 3. The van der Waals surface area contributed by atoms with Crippen molar-refractivity contribution in [3.05, 3.63) is 30.1 Å². The summed E-state index contributed by atoms with van der Waals surface area (Å²) in [7, 11) is -3.27. The number of aromatic nitrogens is 1. The molecule has 0 aliphatic carbocycles. The van der Waals surface area contributed by atoms with Gasteiger partial charge in [-0.2, -0.15) is 4.31 Å². The Kier molecular flexibility index (Phi) is 5.57. The third-order valence-electron chi connectivity index (χ3n) is 4.71. The number of sulfonamides is 1. The van der Waals surface area contributed by atoms with Gasteiger partial charge < -0.3 is 10.2 Å². The summed E-state index contributed by atoms with van der Waals surface area (Å²) in [5.41, 5.74) is 0.492. The quantitative estimate of drug-likeness (QED) is 0.762. The summed E-state index contributed by atoms with van der Waals surface area (Å²) in [6.07, 6.45) is 5.70. The number of carbonyl (C=O) groups is 1. The number of carbonyl (C=O) groups excluding carboxylic acids is 1. The van der Waals surface area contributed by atoms with Gasteiger partial charge in [0.2, 0.25) is 10.0 Å². The number of pyridine rings is 1. The van der Waals surface area contributed by atoms with E-state index in [0.717, 1.165) is 12.0 Å². The van der Waals surface area contributed by atoms with Gasteiger partial charge in [-0.15, -0.1) is 0 Å². The molecule has 1 atom stereocenters. The molecule has 142 valence electrons. The van der Waals surface area contributed by atoms with Crippen molar-refractivity contribution in [2.45, 2.75) is 44.8 Å². The molecule has 0 aromatic carbocycles. The van der Waals surface area contributed by atoms with Crippen molar-refractivity contribution in [1.82, 2.24) is 14.6 Å². The molecule has 1 fully saturated rings. The Hall–Kier alpha value is -2.00. The minimum absolute atomic E-state index is 0.152. The van der Waals surface area contributed by atoms with Gasteiger partial charge in [-0.05, 0) is 18.1 Å². The van der Waals surface area contributed by atoms with E-state index < -0.39 is 15.6 Å². The Morgan fingerprint density at radius 1 is 1.46 bits per heavy atom. The average molecular weight is 380 g/mol. The van der Waals surface area contributed by atoms with Crippen LogP contribution in [0.5, 0.6) is 0 Å². The van der Waals surface area contributed by atoms with E-state index in [1.54, 1.807) is 18.5 Å². The molecule has 0 bridgehead atoms. The number of nitrogens with one attached hydrogen (secondary N) is 1. The number of unbranched alkanes of at least 4 members (excludes halogenated alkanes) is 1. The summed E-state index contributed by atoms with van der Waals surface area (Å²) in [5.74, 6) is -0.142. The van der Waals surface area contributed by atoms with E-state index in [-0.39, 0.29) is 18.2 Å². The van der Waals surface area contributed by atoms with Crippen LogP contribution in [0.4, 0.5) is 0 Å². The second-order valence-corrected chi connectivity index (χ2v) is 8.87. The molecule has 1 aromatic heterocycles. The first-order valence-corrected chi connectivity index (χ1v) is 10.4. The largest absolute Gasteiger partial charge is 0.387 e. The minimum atomic E-state index is -3.27. The van der Waals surface area contributed by atoms with Crippen molar-refractivity contribution in [2.24, 2.45) is 5.16 Å². The summed E-state index contributed by atoms with van der Waals surface area (Å²) in [4.78, 5) is 21.8. The van der Waals surface area contributed by atoms with Crippen molar-refractivity contribution < 1.29 is 18.0 Å². The zero-order chi connectivity index (χ0) is 18.6. The summed E-state index contributed by atoms with van der Waals surface area (Å²) < 4.78 is 26.2. The van der Waals surface area contributed by atoms with E-state index in [9.17, 15) is 13.2 Å². The van der Waals surface area contributed by atoms with Gasteiger partial charge in [0.05, 0.1) is 12.3 Å². The van der Waals surface area contributed by atoms with Gasteiger partial charge in [-0.1, -0.05) is 24.6 Å². The molecule has 9 heteroatoms. The topological polar surface area (TPSA) is 101 Å². The molecule has 1 N–H and O–H groups in total. The summed E-state index contributed by atoms with van der Waals surface area (Å²) in [5, 5.41) is 6.72. The SMILES string of the molecule is CCCCS(=O)(=O)N1CC[C@@]2(CC(C(=O)NCc3cccnc3)=NO2)C1. The molecule has 26 heavy (non-hydrogen) atoms. The fourth-order valence-electron chi connectivity index (χ4n) is 3.15. The lowest BCUT2D eigenvalue weighted by Gasteiger charge is -2.21. The molecule has 2 aliphatic rings. The average Bonchev–Trinajstić information content (AvgIpc) is 3.27. The lowest BCUT2D eigenvalue weighted by molar-refractivity contribution is -0.115. The molecular formula is C17H24N4O4S. The van der Waals surface area contributed by atoms with Crippen molar-refractivity contribution in [3.8, 4) is 0 Å². The maximum atomic E-state index is 12.4. The van der Waals surface area contributed by atoms with E-state index in [2.05, 4.69) is 15.5 Å². The van der Waals surface area contributed by atoms with Crippen LogP contribution in [0.25, 0.3) is 0 Å². The van der Waals surface area contributed by atoms with Gasteiger partial charge in [-0.3, -0.25) is 9.78 Å². The highest BCUT2D eigenvalue weighted by molar-refractivity contribution is 7.89. The lowest BCUT2D eigenvalue weighted by atomic mass is 9.96. The first kappa shape index (κ1) is 18.8. The normalized spacial score (nSPS) is 23.0. The number of hydrogen-bond donors (Lipinski definition) is 1. The monoisotopic (exact) mass is 380 g/mol. The molecule has 1 spiro atoms. The second-order valence-electron chi connectivity index (χ2n) is 6.79. The van der Waals surface area contributed by atoms with Crippen molar-refractivity contribution in [2.75, 3.05) is 18.8 Å². The number of hydrogen-bond acceptors (Lipinski definition) is 6. The fourth-order valence-corrected chi connectivity index (χ4v) is 4.86. The molecule has 1 aromatic rings. The molecule has 0 unspecified atom stereocenters. The van der Waals surface area contributed by atoms with Gasteiger partial charge in [0, 0.05) is 38.3 Å². The zero-order valence-corrected chi connectivity index (χ0v) is 15.7. The third-order valence-corrected chi connectivity index (χ3v) is 6.61. The van der Waals surface area contributed by atoms with Gasteiger partial charge in [0.15, 0.2) is 5.60 Å². The predicted molar refractivity (Wildman–Crippen MR) is 96.8 cm³/mol. The standard InChI is InChI=1S/C17H24N4O4S/c1-2-3-9-26(23,24)21-8-6-17(13-21)10-15(20-25-17)16(22)19-12-14-5-4-7-18-11-14/h4-5,7,11H,2-3,6,8-10,12-13H2,1H3,(H,19,22)/t17-/m1/s1. The van der Waals surface area contributed by atoms with E-state index >= 15 is 0 Å². The first-order chi connectivity index (χ1) is 12.4. The Balaban J connectivity index is 1.54. The molecule has 0 radical (unpaired) electrons. The maximum Gasteiger partial charge on any atom is 0.269 e. The molecular weight excluding hydrogens is 356 g/mol. The fraction of sp³-hybridized carbons (Fsp3) is 0.588. The minimum Gasteiger partial charge on any atom is -0.387 e. The highest BCUT2D eigenvalue weighted by Gasteiger charge is 2.49. The molecule has 3 heterocycles. The van der Waals surface area contributed by atoms with Crippen LogP contribution in [-0.2, 0) is 26.2 Å². The van der Waals surface area contributed by atoms with E-state index in [1.165, 1.54) is 4.31 Å². The van der Waals surface area contributed by atoms with Gasteiger partial charge in [0.25, 0.3) is 5.91 Å². The highest BCUT2D eigenvalue weighted by Crippen LogP contribution is 2.35. The van der Waals surface area contributed by atoms with E-state index in [1.807, 2.05) is 13.0 Å². The van der Waals surface area contributed by atoms with Crippen molar-refractivity contribution in [3.63, 3.8) is 0 Å². The molecule has 3 rings (SSSR count). The van der Waals surface area contributed by atoms with Crippen LogP contribution in [0, 0.1) is 0 Å². The summed E-state index contributed by atoms with van der Waals surface area (Å²) in [6.45, 7) is 2.98. The van der Waals surface area contributed by atoms with Gasteiger partial charge in [-0.25, -0.2) is 8.42 Å². The Morgan fingerprint density at radius 2 is 2.31 bits per heavy atom. The summed E-state index contributed by atoms with van der Waals surface area (Å²) in [6, 6.07) is 3.68. The van der Waals surface area contributed by atoms with Crippen molar-refractivity contribution >= 4 is 21.6 Å². The van der Waals surface area contributed by atoms with E-state index in [4.69, 9.17) is 4.84 Å². The number of oxime groups is 1. The maximum absolute atomic E-state index is 12.4. The van der Waals surface area contributed by atoms with Gasteiger partial charge >= 0.3 is 0 Å². The Labute approximate surface area is 153 Å². The third kappa shape index (κ3) is 4.21. The second kappa shape index (κ2) is 7.71. The molecule has 8 nitrogen and oxygen atoms in total. The smallest absolute Gasteiger partial charge is 0.269 e. The van der Waals surface area contributed by atoms with Gasteiger partial charge in [0.1, 0.15) is 5.71 Å². The molecule has 1 saturated heterocycles. The molecule has 0 saturated carbocycles. The van der Waals surface area contributed by atoms with Crippen LogP contribution in [0.3, 0.4) is 0 Å². The predicted octanol–water partition coefficient (Wildman–Crippen LogP) is 1.05. The lowest BCUT2D eigenvalue weighted by Crippen LogP contribution is -2.39. The van der Waals surface area contributed by atoms with Crippen LogP contribution in [-0.4, -0.2) is 53.8 Å². The van der Waals surface area contributed by atoms with E-state index in [0.29, 0.717) is 38.1 Å². The molecule has 1 amide bonds. The van der Waals surface area contributed by atoms with Crippen LogP contribution in [0.15, 0.2) is 29.7 Å². The first-order valence-electron chi connectivity index (χ1n) is 8.84. The van der Waals surface area contributed by atoms with Crippen LogP contribution < -0.4 is 5.32 Å².